The molecule has 0 bridgehead atoms. The predicted octanol–water partition coefficient (Wildman–Crippen LogP) is 2.68. The number of carboxylic acids is 1. The molecule has 0 radical (unpaired) electrons. The zero-order valence-electron chi connectivity index (χ0n) is 16.8. The lowest BCUT2D eigenvalue weighted by Crippen LogP contribution is -2.36. The highest BCUT2D eigenvalue weighted by Gasteiger charge is 2.43. The van der Waals surface area contributed by atoms with Crippen molar-refractivity contribution in [1.29, 1.82) is 0 Å². The number of ether oxygens (including phenoxy) is 1. The Morgan fingerprint density at radius 2 is 1.97 bits per heavy atom. The summed E-state index contributed by atoms with van der Waals surface area (Å²) in [5.41, 5.74) is 0.995. The van der Waals surface area contributed by atoms with Gasteiger partial charge < -0.3 is 15.2 Å². The molecule has 30 heavy (non-hydrogen) atoms. The maximum Gasteiger partial charge on any atom is 0.490 e. The number of benzene rings is 1. The van der Waals surface area contributed by atoms with Gasteiger partial charge in [0.2, 0.25) is 5.91 Å². The summed E-state index contributed by atoms with van der Waals surface area (Å²) in [5.74, 6) is -2.00. The van der Waals surface area contributed by atoms with E-state index in [1.165, 1.54) is 6.07 Å². The van der Waals surface area contributed by atoms with Crippen molar-refractivity contribution in [3.63, 3.8) is 0 Å². The van der Waals surface area contributed by atoms with Crippen LogP contribution in [0.5, 0.6) is 0 Å². The Bertz CT molecular complexity index is 742. The number of likely N-dealkylation sites (tertiary alicyclic amines) is 1. The minimum atomic E-state index is -5.08. The molecule has 0 aromatic heterocycles. The number of halogens is 4. The lowest BCUT2D eigenvalue weighted by molar-refractivity contribution is -0.192. The summed E-state index contributed by atoms with van der Waals surface area (Å²) in [5, 5.41) is 10.1. The van der Waals surface area contributed by atoms with Crippen LogP contribution < -0.4 is 5.32 Å². The fraction of sp³-hybridized carbons (Fsp3) is 0.600. The third-order valence-electron chi connectivity index (χ3n) is 5.12. The van der Waals surface area contributed by atoms with Crippen molar-refractivity contribution in [2.24, 2.45) is 17.8 Å². The van der Waals surface area contributed by atoms with E-state index in [0.717, 1.165) is 31.8 Å². The summed E-state index contributed by atoms with van der Waals surface area (Å²) >= 11 is 0. The Hall–Kier alpha value is -2.20. The van der Waals surface area contributed by atoms with Gasteiger partial charge in [-0.1, -0.05) is 26.0 Å². The molecule has 2 aliphatic heterocycles. The average molecular weight is 434 g/mol. The first-order chi connectivity index (χ1) is 14.0. The highest BCUT2D eigenvalue weighted by molar-refractivity contribution is 5.77. The molecule has 1 aromatic rings. The molecule has 1 amide bonds. The zero-order chi connectivity index (χ0) is 22.5. The number of fused-ring (bicyclic) bond motifs is 1. The third-order valence-corrected chi connectivity index (χ3v) is 5.12. The maximum atomic E-state index is 13.3. The number of amides is 1. The van der Waals surface area contributed by atoms with Gasteiger partial charge in [0.05, 0.1) is 12.7 Å². The van der Waals surface area contributed by atoms with Crippen LogP contribution in [0.2, 0.25) is 0 Å². The third kappa shape index (κ3) is 6.94. The van der Waals surface area contributed by atoms with Gasteiger partial charge in [-0.05, 0) is 17.7 Å². The molecular weight excluding hydrogens is 408 g/mol. The van der Waals surface area contributed by atoms with E-state index in [0.29, 0.717) is 18.4 Å². The molecular formula is C20H26F4N2O4. The van der Waals surface area contributed by atoms with Crippen LogP contribution >= 0.6 is 0 Å². The van der Waals surface area contributed by atoms with Gasteiger partial charge in [0.1, 0.15) is 5.82 Å². The second-order valence-electron chi connectivity index (χ2n) is 7.82. The largest absolute Gasteiger partial charge is 0.490 e. The molecule has 6 nitrogen and oxygen atoms in total. The average Bonchev–Trinajstić information content (AvgIpc) is 3.19. The molecule has 0 unspecified atom stereocenters. The number of hydrogen-bond acceptors (Lipinski definition) is 4. The van der Waals surface area contributed by atoms with E-state index in [2.05, 4.69) is 10.2 Å². The summed E-state index contributed by atoms with van der Waals surface area (Å²) in [7, 11) is 0. The van der Waals surface area contributed by atoms with Gasteiger partial charge in [-0.3, -0.25) is 9.69 Å². The number of carbonyl (C=O) groups is 2. The Kier molecular flexibility index (Phi) is 8.19. The second kappa shape index (κ2) is 10.2. The van der Waals surface area contributed by atoms with Crippen LogP contribution in [0.1, 0.15) is 19.4 Å². The van der Waals surface area contributed by atoms with Crippen molar-refractivity contribution in [3.05, 3.63) is 35.6 Å². The first-order valence-electron chi connectivity index (χ1n) is 9.63. The second-order valence-corrected chi connectivity index (χ2v) is 7.82. The van der Waals surface area contributed by atoms with Crippen molar-refractivity contribution >= 4 is 11.9 Å². The van der Waals surface area contributed by atoms with Crippen molar-refractivity contribution in [1.82, 2.24) is 10.2 Å². The highest BCUT2D eigenvalue weighted by atomic mass is 19.4. The maximum absolute atomic E-state index is 13.3. The van der Waals surface area contributed by atoms with Crippen molar-refractivity contribution < 1.29 is 37.0 Å². The standard InChI is InChI=1S/C18H25FN2O2.C2HF3O2/c1-12(2)18(22)20-7-14-11-23-17-10-21(9-16(14)17)8-13-4-3-5-15(19)6-13;3-2(4,5)1(6)7/h3-6,12,14,16-17H,7-11H2,1-2H3,(H,20,22);(H,6,7)/t14-,16-,17-;/m1./s1. The van der Waals surface area contributed by atoms with Gasteiger partial charge in [-0.25, -0.2) is 9.18 Å². The fourth-order valence-corrected chi connectivity index (χ4v) is 3.55. The fourth-order valence-electron chi connectivity index (χ4n) is 3.55. The molecule has 10 heteroatoms. The van der Waals surface area contributed by atoms with Crippen LogP contribution in [0.15, 0.2) is 24.3 Å². The first-order valence-corrected chi connectivity index (χ1v) is 9.63. The van der Waals surface area contributed by atoms with Crippen molar-refractivity contribution in [2.75, 3.05) is 26.2 Å². The van der Waals surface area contributed by atoms with Crippen molar-refractivity contribution in [2.45, 2.75) is 32.7 Å². The molecule has 3 rings (SSSR count). The van der Waals surface area contributed by atoms with Gasteiger partial charge in [0.15, 0.2) is 0 Å². The van der Waals surface area contributed by atoms with E-state index in [9.17, 15) is 22.4 Å². The molecule has 2 fully saturated rings. The van der Waals surface area contributed by atoms with E-state index in [1.54, 1.807) is 12.1 Å². The van der Waals surface area contributed by atoms with E-state index in [4.69, 9.17) is 14.6 Å². The van der Waals surface area contributed by atoms with E-state index < -0.39 is 12.1 Å². The Balaban J connectivity index is 0.000000396. The number of carboxylic acid groups (broad SMARTS) is 1. The number of aliphatic carboxylic acids is 1. The molecule has 2 N–H and O–H groups in total. The minimum Gasteiger partial charge on any atom is -0.475 e. The number of carbonyl (C=O) groups excluding carboxylic acids is 1. The summed E-state index contributed by atoms with van der Waals surface area (Å²) in [6.45, 7) is 7.80. The summed E-state index contributed by atoms with van der Waals surface area (Å²) in [6.07, 6.45) is -4.84. The summed E-state index contributed by atoms with van der Waals surface area (Å²) < 4.78 is 50.9. The van der Waals surface area contributed by atoms with Gasteiger partial charge in [0, 0.05) is 43.9 Å². The molecule has 2 heterocycles. The molecule has 168 valence electrons. The molecule has 0 aliphatic carbocycles. The van der Waals surface area contributed by atoms with E-state index >= 15 is 0 Å². The molecule has 2 saturated heterocycles. The van der Waals surface area contributed by atoms with E-state index in [-0.39, 0.29) is 23.7 Å². The molecule has 0 spiro atoms. The smallest absolute Gasteiger partial charge is 0.475 e. The van der Waals surface area contributed by atoms with Crippen LogP contribution in [0.4, 0.5) is 17.6 Å². The normalized spacial score (nSPS) is 23.6. The summed E-state index contributed by atoms with van der Waals surface area (Å²) in [4.78, 5) is 22.9. The van der Waals surface area contributed by atoms with Crippen molar-refractivity contribution in [3.8, 4) is 0 Å². The van der Waals surface area contributed by atoms with Crippen LogP contribution in [-0.2, 0) is 20.9 Å². The van der Waals surface area contributed by atoms with Gasteiger partial charge >= 0.3 is 12.1 Å². The van der Waals surface area contributed by atoms with Crippen LogP contribution in [-0.4, -0.2) is 60.4 Å². The predicted molar refractivity (Wildman–Crippen MR) is 99.9 cm³/mol. The summed E-state index contributed by atoms with van der Waals surface area (Å²) in [6, 6.07) is 6.77. The lowest BCUT2D eigenvalue weighted by Gasteiger charge is -2.20. The number of nitrogens with one attached hydrogen (secondary N) is 1. The number of nitrogens with zero attached hydrogens (tertiary/aromatic N) is 1. The number of rotatable bonds is 5. The molecule has 1 aromatic carbocycles. The van der Waals surface area contributed by atoms with Crippen LogP contribution in [0.25, 0.3) is 0 Å². The molecule has 0 saturated carbocycles. The number of alkyl halides is 3. The minimum absolute atomic E-state index is 0.0150. The monoisotopic (exact) mass is 434 g/mol. The van der Waals surface area contributed by atoms with E-state index in [1.807, 2.05) is 19.9 Å². The highest BCUT2D eigenvalue weighted by Crippen LogP contribution is 2.34. The van der Waals surface area contributed by atoms with Crippen LogP contribution in [0.3, 0.4) is 0 Å². The van der Waals surface area contributed by atoms with Crippen LogP contribution in [0, 0.1) is 23.6 Å². The lowest BCUT2D eigenvalue weighted by atomic mass is 9.93. The topological polar surface area (TPSA) is 78.9 Å². The Morgan fingerprint density at radius 1 is 1.30 bits per heavy atom. The first kappa shape index (κ1) is 24.1. The quantitative estimate of drug-likeness (QED) is 0.697. The van der Waals surface area contributed by atoms with Gasteiger partial charge in [-0.2, -0.15) is 13.2 Å². The SMILES string of the molecule is CC(C)C(=O)NC[C@@H]1CO[C@@H]2CN(Cc3cccc(F)c3)C[C@H]12.O=C(O)C(F)(F)F. The molecule has 2 aliphatic rings. The Morgan fingerprint density at radius 3 is 2.53 bits per heavy atom. The van der Waals surface area contributed by atoms with Gasteiger partial charge in [-0.15, -0.1) is 0 Å². The Labute approximate surface area is 172 Å². The molecule has 3 atom stereocenters. The zero-order valence-corrected chi connectivity index (χ0v) is 16.8. The number of hydrogen-bond donors (Lipinski definition) is 2. The van der Waals surface area contributed by atoms with Gasteiger partial charge in [0.25, 0.3) is 0 Å².